The second-order valence-electron chi connectivity index (χ2n) is 7.67. The zero-order valence-corrected chi connectivity index (χ0v) is 17.8. The van der Waals surface area contributed by atoms with Gasteiger partial charge in [0.1, 0.15) is 11.3 Å². The highest BCUT2D eigenvalue weighted by Crippen LogP contribution is 2.36. The smallest absolute Gasteiger partial charge is 0.335 e. The van der Waals surface area contributed by atoms with E-state index in [1.54, 1.807) is 36.4 Å². The molecule has 0 unspecified atom stereocenters. The third-order valence-electron chi connectivity index (χ3n) is 5.59. The molecular formula is C24H19N3O6. The van der Waals surface area contributed by atoms with Crippen LogP contribution in [0.2, 0.25) is 0 Å². The molecule has 1 aromatic heterocycles. The van der Waals surface area contributed by atoms with Crippen molar-refractivity contribution in [3.63, 3.8) is 0 Å². The number of hydrogen-bond acceptors (Lipinski definition) is 6. The normalized spacial score (nSPS) is 16.5. The van der Waals surface area contributed by atoms with E-state index in [1.807, 2.05) is 24.5 Å². The van der Waals surface area contributed by atoms with Crippen molar-refractivity contribution >= 4 is 29.6 Å². The van der Waals surface area contributed by atoms with Gasteiger partial charge in [-0.1, -0.05) is 0 Å². The predicted octanol–water partition coefficient (Wildman–Crippen LogP) is 3.19. The first-order chi connectivity index (χ1) is 15.8. The van der Waals surface area contributed by atoms with Gasteiger partial charge in [-0.3, -0.25) is 14.9 Å². The number of rotatable bonds is 3. The summed E-state index contributed by atoms with van der Waals surface area (Å²) >= 11 is 0. The minimum absolute atomic E-state index is 0.0548. The molecule has 9 heteroatoms. The molecule has 1 saturated heterocycles. The second-order valence-corrected chi connectivity index (χ2v) is 7.67. The fourth-order valence-corrected chi connectivity index (χ4v) is 4.00. The van der Waals surface area contributed by atoms with Gasteiger partial charge in [0.25, 0.3) is 11.8 Å². The fraction of sp³-hybridized carbons (Fsp3) is 0.125. The van der Waals surface area contributed by atoms with Crippen LogP contribution in [0.15, 0.2) is 54.1 Å². The number of aromatic nitrogens is 1. The standard InChI is InChI=1S/C24H19N3O6/c1-13-9-15(14(2)26(13)16-3-6-18(28)7-4-16)10-19-22(29)25-24(31)27(23(19)30)17-5-8-20-21(11-17)33-12-32-20/h3-11,28H,12H2,1-2H3,(H,25,29,31)/b19-10+. The number of imide groups is 2. The zero-order valence-electron chi connectivity index (χ0n) is 17.8. The Bertz CT molecular complexity index is 1350. The Kier molecular flexibility index (Phi) is 4.67. The number of nitrogens with one attached hydrogen (secondary N) is 1. The number of carbonyl (C=O) groups is 3. The molecule has 0 bridgehead atoms. The maximum Gasteiger partial charge on any atom is 0.335 e. The molecule has 2 N–H and O–H groups in total. The van der Waals surface area contributed by atoms with Gasteiger partial charge in [-0.15, -0.1) is 0 Å². The van der Waals surface area contributed by atoms with Gasteiger partial charge in [-0.25, -0.2) is 9.69 Å². The topological polar surface area (TPSA) is 110 Å². The molecule has 0 aliphatic carbocycles. The predicted molar refractivity (Wildman–Crippen MR) is 118 cm³/mol. The van der Waals surface area contributed by atoms with Crippen molar-refractivity contribution in [3.8, 4) is 22.9 Å². The van der Waals surface area contributed by atoms with Crippen molar-refractivity contribution in [2.75, 3.05) is 11.7 Å². The van der Waals surface area contributed by atoms with Gasteiger partial charge in [-0.2, -0.15) is 0 Å². The minimum Gasteiger partial charge on any atom is -0.508 e. The maximum atomic E-state index is 13.2. The number of anilines is 1. The SMILES string of the molecule is Cc1cc(/C=C2\C(=O)NC(=O)N(c3ccc4c(c3)OCO4)C2=O)c(C)n1-c1ccc(O)cc1. The molecular weight excluding hydrogens is 426 g/mol. The lowest BCUT2D eigenvalue weighted by Crippen LogP contribution is -2.54. The molecule has 3 heterocycles. The van der Waals surface area contributed by atoms with Gasteiger partial charge < -0.3 is 19.1 Å². The Morgan fingerprint density at radius 2 is 1.64 bits per heavy atom. The van der Waals surface area contributed by atoms with Crippen LogP contribution >= 0.6 is 0 Å². The minimum atomic E-state index is -0.837. The summed E-state index contributed by atoms with van der Waals surface area (Å²) in [5.74, 6) is -0.431. The molecule has 9 nitrogen and oxygen atoms in total. The first-order valence-electron chi connectivity index (χ1n) is 10.1. The van der Waals surface area contributed by atoms with Crippen molar-refractivity contribution in [2.24, 2.45) is 0 Å². The average Bonchev–Trinajstić information content (AvgIpc) is 3.35. The number of aromatic hydroxyl groups is 1. The Balaban J connectivity index is 1.53. The molecule has 1 fully saturated rings. The lowest BCUT2D eigenvalue weighted by molar-refractivity contribution is -0.122. The molecule has 4 amide bonds. The van der Waals surface area contributed by atoms with Crippen LogP contribution in [0.5, 0.6) is 17.2 Å². The average molecular weight is 445 g/mol. The van der Waals surface area contributed by atoms with E-state index in [-0.39, 0.29) is 23.8 Å². The van der Waals surface area contributed by atoms with E-state index in [9.17, 15) is 19.5 Å². The molecule has 0 saturated carbocycles. The van der Waals surface area contributed by atoms with Crippen LogP contribution in [0.1, 0.15) is 17.0 Å². The number of nitrogens with zero attached hydrogens (tertiary/aromatic N) is 2. The van der Waals surface area contributed by atoms with Crippen molar-refractivity contribution in [1.29, 1.82) is 0 Å². The number of amides is 4. The number of hydrogen-bond donors (Lipinski definition) is 2. The highest BCUT2D eigenvalue weighted by Gasteiger charge is 2.37. The number of fused-ring (bicyclic) bond motifs is 1. The molecule has 5 rings (SSSR count). The summed E-state index contributed by atoms with van der Waals surface area (Å²) in [6.45, 7) is 3.81. The number of benzene rings is 2. The Morgan fingerprint density at radius 3 is 2.39 bits per heavy atom. The molecule has 3 aromatic rings. The summed E-state index contributed by atoms with van der Waals surface area (Å²) in [6.07, 6.45) is 1.48. The molecule has 0 atom stereocenters. The van der Waals surface area contributed by atoms with E-state index < -0.39 is 17.8 Å². The van der Waals surface area contributed by atoms with Gasteiger partial charge in [0.2, 0.25) is 6.79 Å². The Labute approximate surface area is 188 Å². The van der Waals surface area contributed by atoms with Gasteiger partial charge in [0.15, 0.2) is 11.5 Å². The van der Waals surface area contributed by atoms with E-state index in [0.29, 0.717) is 17.1 Å². The number of phenolic OH excluding ortho intramolecular Hbond substituents is 1. The highest BCUT2D eigenvalue weighted by atomic mass is 16.7. The first-order valence-corrected chi connectivity index (χ1v) is 10.1. The molecule has 2 aliphatic rings. The lowest BCUT2D eigenvalue weighted by Gasteiger charge is -2.26. The van der Waals surface area contributed by atoms with Crippen LogP contribution in [0.3, 0.4) is 0 Å². The largest absolute Gasteiger partial charge is 0.508 e. The van der Waals surface area contributed by atoms with Crippen LogP contribution in [0.25, 0.3) is 11.8 Å². The van der Waals surface area contributed by atoms with E-state index in [2.05, 4.69) is 5.32 Å². The van der Waals surface area contributed by atoms with E-state index in [4.69, 9.17) is 9.47 Å². The lowest BCUT2D eigenvalue weighted by atomic mass is 10.1. The number of phenols is 1. The number of aryl methyl sites for hydroxylation is 1. The van der Waals surface area contributed by atoms with Gasteiger partial charge in [0.05, 0.1) is 5.69 Å². The molecule has 2 aromatic carbocycles. The van der Waals surface area contributed by atoms with E-state index >= 15 is 0 Å². The first kappa shape index (κ1) is 20.4. The number of urea groups is 1. The van der Waals surface area contributed by atoms with Crippen molar-refractivity contribution in [1.82, 2.24) is 9.88 Å². The third-order valence-corrected chi connectivity index (χ3v) is 5.59. The zero-order chi connectivity index (χ0) is 23.3. The summed E-state index contributed by atoms with van der Waals surface area (Å²) in [5.41, 5.74) is 3.23. The quantitative estimate of drug-likeness (QED) is 0.473. The fourth-order valence-electron chi connectivity index (χ4n) is 4.00. The molecule has 2 aliphatic heterocycles. The van der Waals surface area contributed by atoms with Crippen molar-refractivity contribution < 1.29 is 29.0 Å². The summed E-state index contributed by atoms with van der Waals surface area (Å²) in [5, 5.41) is 11.8. The number of ether oxygens (including phenoxy) is 2. The van der Waals surface area contributed by atoms with Gasteiger partial charge in [-0.05, 0) is 68.0 Å². The number of barbiturate groups is 1. The van der Waals surface area contributed by atoms with E-state index in [1.165, 1.54) is 12.1 Å². The van der Waals surface area contributed by atoms with Crippen LogP contribution in [-0.4, -0.2) is 34.3 Å². The van der Waals surface area contributed by atoms with Crippen molar-refractivity contribution in [3.05, 3.63) is 71.1 Å². The van der Waals surface area contributed by atoms with Crippen molar-refractivity contribution in [2.45, 2.75) is 13.8 Å². The monoisotopic (exact) mass is 445 g/mol. The molecule has 0 radical (unpaired) electrons. The van der Waals surface area contributed by atoms with Crippen LogP contribution in [-0.2, 0) is 9.59 Å². The highest BCUT2D eigenvalue weighted by molar-refractivity contribution is 6.39. The van der Waals surface area contributed by atoms with Gasteiger partial charge >= 0.3 is 6.03 Å². The Hall–Kier alpha value is -4.53. The summed E-state index contributed by atoms with van der Waals surface area (Å²) in [6, 6.07) is 12.4. The maximum absolute atomic E-state index is 13.2. The Morgan fingerprint density at radius 1 is 0.939 bits per heavy atom. The van der Waals surface area contributed by atoms with Crippen LogP contribution < -0.4 is 19.7 Å². The summed E-state index contributed by atoms with van der Waals surface area (Å²) in [4.78, 5) is 39.2. The van der Waals surface area contributed by atoms with Crippen LogP contribution in [0.4, 0.5) is 10.5 Å². The summed E-state index contributed by atoms with van der Waals surface area (Å²) < 4.78 is 12.5. The number of carbonyl (C=O) groups excluding carboxylic acids is 3. The molecule has 33 heavy (non-hydrogen) atoms. The summed E-state index contributed by atoms with van der Waals surface area (Å²) in [7, 11) is 0. The molecule has 0 spiro atoms. The van der Waals surface area contributed by atoms with Gasteiger partial charge in [0, 0.05) is 23.1 Å². The third kappa shape index (κ3) is 3.39. The second kappa shape index (κ2) is 7.56. The molecule has 166 valence electrons. The van der Waals surface area contributed by atoms with Crippen LogP contribution in [0, 0.1) is 13.8 Å². The van der Waals surface area contributed by atoms with E-state index in [0.717, 1.165) is 22.0 Å².